The fourth-order valence-corrected chi connectivity index (χ4v) is 2.82. The third-order valence-electron chi connectivity index (χ3n) is 3.73. The minimum absolute atomic E-state index is 0.584. The van der Waals surface area contributed by atoms with Crippen molar-refractivity contribution in [1.29, 1.82) is 0 Å². The van der Waals surface area contributed by atoms with Gasteiger partial charge in [-0.3, -0.25) is 0 Å². The third-order valence-corrected chi connectivity index (χ3v) is 3.73. The zero-order chi connectivity index (χ0) is 12.8. The largest absolute Gasteiger partial charge is 0.410 e. The summed E-state index contributed by atoms with van der Waals surface area (Å²) < 4.78 is 0. The maximum Gasteiger partial charge on any atom is 0.103 e. The summed E-state index contributed by atoms with van der Waals surface area (Å²) in [6.45, 7) is 0. The van der Waals surface area contributed by atoms with E-state index in [2.05, 4.69) is 47.6 Å². The molecular weight excluding hydrogens is 234 g/mol. The van der Waals surface area contributed by atoms with E-state index >= 15 is 0 Å². The van der Waals surface area contributed by atoms with E-state index in [4.69, 9.17) is 5.21 Å². The minimum atomic E-state index is 0.584. The molecule has 2 aromatic rings. The molecule has 0 aliphatic heterocycles. The summed E-state index contributed by atoms with van der Waals surface area (Å²) in [7, 11) is 0. The average Bonchev–Trinajstić information content (AvgIpc) is 2.94. The molecule has 0 fully saturated rings. The Kier molecular flexibility index (Phi) is 2.00. The van der Waals surface area contributed by atoms with Crippen molar-refractivity contribution in [2.24, 2.45) is 5.16 Å². The molecule has 90 valence electrons. The SMILES string of the molecule is O/N=C1\C=Cc2c(ccc3c4c(ccc23)=CC=C4)=C1. The van der Waals surface area contributed by atoms with E-state index in [0.29, 0.717) is 5.71 Å². The summed E-state index contributed by atoms with van der Waals surface area (Å²) >= 11 is 0. The van der Waals surface area contributed by atoms with Crippen LogP contribution in [0.15, 0.2) is 41.6 Å². The average molecular weight is 245 g/mol. The Bertz CT molecular complexity index is 914. The smallest absolute Gasteiger partial charge is 0.103 e. The monoisotopic (exact) mass is 245 g/mol. The number of rotatable bonds is 0. The maximum absolute atomic E-state index is 8.85. The Morgan fingerprint density at radius 1 is 0.789 bits per heavy atom. The zero-order valence-corrected chi connectivity index (χ0v) is 10.2. The van der Waals surface area contributed by atoms with E-state index in [9.17, 15) is 0 Å². The van der Waals surface area contributed by atoms with E-state index in [1.54, 1.807) is 0 Å². The van der Waals surface area contributed by atoms with Gasteiger partial charge < -0.3 is 5.21 Å². The number of hydrogen-bond donors (Lipinski definition) is 1. The first-order valence-corrected chi connectivity index (χ1v) is 6.23. The molecule has 0 saturated carbocycles. The van der Waals surface area contributed by atoms with Crippen LogP contribution in [0.4, 0.5) is 0 Å². The van der Waals surface area contributed by atoms with Crippen LogP contribution in [0.1, 0.15) is 11.1 Å². The van der Waals surface area contributed by atoms with Crippen molar-refractivity contribution in [3.05, 3.63) is 58.0 Å². The number of allylic oxidation sites excluding steroid dienone is 2. The lowest BCUT2D eigenvalue weighted by Crippen LogP contribution is -2.13. The molecular formula is C17H11NO. The molecule has 0 radical (unpaired) electrons. The second-order valence-electron chi connectivity index (χ2n) is 4.76. The fourth-order valence-electron chi connectivity index (χ4n) is 2.82. The van der Waals surface area contributed by atoms with Crippen molar-refractivity contribution in [1.82, 2.24) is 0 Å². The number of oxime groups is 1. The van der Waals surface area contributed by atoms with E-state index in [-0.39, 0.29) is 0 Å². The lowest BCUT2D eigenvalue weighted by molar-refractivity contribution is 0.320. The van der Waals surface area contributed by atoms with Gasteiger partial charge in [-0.25, -0.2) is 0 Å². The summed E-state index contributed by atoms with van der Waals surface area (Å²) in [5.41, 5.74) is 3.06. The first kappa shape index (κ1) is 10.3. The van der Waals surface area contributed by atoms with E-state index in [0.717, 1.165) is 5.22 Å². The molecule has 4 rings (SSSR count). The van der Waals surface area contributed by atoms with E-state index in [1.807, 2.05) is 18.2 Å². The van der Waals surface area contributed by atoms with Crippen LogP contribution in [-0.2, 0) is 0 Å². The van der Waals surface area contributed by atoms with Gasteiger partial charge in [0.1, 0.15) is 5.71 Å². The lowest BCUT2D eigenvalue weighted by Gasteiger charge is -2.09. The lowest BCUT2D eigenvalue weighted by atomic mass is 9.95. The number of benzene rings is 2. The Morgan fingerprint density at radius 2 is 1.53 bits per heavy atom. The van der Waals surface area contributed by atoms with Crippen LogP contribution in [-0.4, -0.2) is 10.9 Å². The van der Waals surface area contributed by atoms with E-state index < -0.39 is 0 Å². The van der Waals surface area contributed by atoms with Crippen LogP contribution >= 0.6 is 0 Å². The first-order valence-electron chi connectivity index (χ1n) is 6.23. The fraction of sp³-hybridized carbons (Fsp3) is 0. The van der Waals surface area contributed by atoms with Gasteiger partial charge in [0.25, 0.3) is 0 Å². The Balaban J connectivity index is 2.16. The highest BCUT2D eigenvalue weighted by atomic mass is 16.4. The Labute approximate surface area is 110 Å². The van der Waals surface area contributed by atoms with Crippen molar-refractivity contribution < 1.29 is 5.21 Å². The molecule has 0 aromatic heterocycles. The molecule has 0 bridgehead atoms. The van der Waals surface area contributed by atoms with Gasteiger partial charge in [-0.1, -0.05) is 53.7 Å². The van der Waals surface area contributed by atoms with Crippen molar-refractivity contribution in [3.8, 4) is 0 Å². The second kappa shape index (κ2) is 3.69. The molecule has 0 atom stereocenters. The van der Waals surface area contributed by atoms with Crippen LogP contribution in [0, 0.1) is 0 Å². The summed E-state index contributed by atoms with van der Waals surface area (Å²) in [5.74, 6) is 0. The van der Waals surface area contributed by atoms with Gasteiger partial charge in [0.2, 0.25) is 0 Å². The summed E-state index contributed by atoms with van der Waals surface area (Å²) in [6.07, 6.45) is 12.1. The standard InChI is InChI=1S/C17H11NO/c19-18-13-6-9-15-12(10-13)5-8-16-14-3-1-2-11(14)4-7-17(15)16/h1-10,19H/b18-13+. The van der Waals surface area contributed by atoms with Gasteiger partial charge in [0, 0.05) is 0 Å². The molecule has 0 amide bonds. The first-order chi connectivity index (χ1) is 9.36. The van der Waals surface area contributed by atoms with Crippen molar-refractivity contribution in [2.75, 3.05) is 0 Å². The van der Waals surface area contributed by atoms with Crippen molar-refractivity contribution >= 4 is 40.8 Å². The quantitative estimate of drug-likeness (QED) is 0.560. The summed E-state index contributed by atoms with van der Waals surface area (Å²) in [5, 5.41) is 17.0. The minimum Gasteiger partial charge on any atom is -0.410 e. The topological polar surface area (TPSA) is 32.6 Å². The summed E-state index contributed by atoms with van der Waals surface area (Å²) in [6, 6.07) is 8.54. The molecule has 19 heavy (non-hydrogen) atoms. The third kappa shape index (κ3) is 1.40. The van der Waals surface area contributed by atoms with Gasteiger partial charge in [-0.15, -0.1) is 0 Å². The Morgan fingerprint density at radius 3 is 2.32 bits per heavy atom. The normalized spacial score (nSPS) is 17.2. The van der Waals surface area contributed by atoms with E-state index in [1.165, 1.54) is 27.1 Å². The van der Waals surface area contributed by atoms with Gasteiger partial charge in [0.15, 0.2) is 0 Å². The van der Waals surface area contributed by atoms with Gasteiger partial charge in [-0.2, -0.15) is 0 Å². The predicted octanol–water partition coefficient (Wildman–Crippen LogP) is 2.28. The second-order valence-corrected chi connectivity index (χ2v) is 4.76. The van der Waals surface area contributed by atoms with Gasteiger partial charge in [-0.05, 0) is 44.5 Å². The molecule has 2 aliphatic carbocycles. The Hall–Kier alpha value is -2.61. The van der Waals surface area contributed by atoms with Gasteiger partial charge in [0.05, 0.1) is 0 Å². The van der Waals surface area contributed by atoms with Crippen LogP contribution in [0.25, 0.3) is 35.1 Å². The van der Waals surface area contributed by atoms with Crippen molar-refractivity contribution in [2.45, 2.75) is 0 Å². The molecule has 0 saturated heterocycles. The molecule has 2 aromatic carbocycles. The van der Waals surface area contributed by atoms with Crippen LogP contribution in [0.2, 0.25) is 0 Å². The molecule has 0 heterocycles. The summed E-state index contributed by atoms with van der Waals surface area (Å²) in [4.78, 5) is 0. The predicted molar refractivity (Wildman–Crippen MR) is 79.4 cm³/mol. The van der Waals surface area contributed by atoms with Gasteiger partial charge >= 0.3 is 0 Å². The number of nitrogens with zero attached hydrogens (tertiary/aromatic N) is 1. The van der Waals surface area contributed by atoms with Crippen LogP contribution in [0.5, 0.6) is 0 Å². The molecule has 2 heteroatoms. The maximum atomic E-state index is 8.85. The molecule has 2 nitrogen and oxygen atoms in total. The number of fused-ring (bicyclic) bond motifs is 5. The number of hydrogen-bond acceptors (Lipinski definition) is 2. The molecule has 2 aliphatic rings. The molecule has 0 spiro atoms. The van der Waals surface area contributed by atoms with Crippen molar-refractivity contribution in [3.63, 3.8) is 0 Å². The van der Waals surface area contributed by atoms with Crippen LogP contribution in [0.3, 0.4) is 0 Å². The molecule has 0 unspecified atom stereocenters. The zero-order valence-electron chi connectivity index (χ0n) is 10.2. The highest BCUT2D eigenvalue weighted by Crippen LogP contribution is 2.22. The van der Waals surface area contributed by atoms with Crippen LogP contribution < -0.4 is 10.4 Å². The highest BCUT2D eigenvalue weighted by molar-refractivity contribution is 6.21. The highest BCUT2D eigenvalue weighted by Gasteiger charge is 2.09. The molecule has 1 N–H and O–H groups in total.